The Balaban J connectivity index is 1.37. The molecule has 0 aromatic carbocycles. The maximum Gasteiger partial charge on any atom is 0.332 e. The van der Waals surface area contributed by atoms with Crippen molar-refractivity contribution in [2.75, 3.05) is 6.54 Å². The number of nitrogens with one attached hydrogen (secondary N) is 1. The van der Waals surface area contributed by atoms with E-state index >= 15 is 0 Å². The first-order valence-corrected chi connectivity index (χ1v) is 9.82. The maximum atomic E-state index is 12.5. The van der Waals surface area contributed by atoms with Crippen LogP contribution in [0.4, 0.5) is 0 Å². The van der Waals surface area contributed by atoms with E-state index in [1.807, 2.05) is 4.57 Å². The van der Waals surface area contributed by atoms with Gasteiger partial charge in [0.15, 0.2) is 11.2 Å². The Kier molecular flexibility index (Phi) is 3.48. The van der Waals surface area contributed by atoms with E-state index in [0.717, 1.165) is 28.9 Å². The average Bonchev–Trinajstić information content (AvgIpc) is 3.01. The van der Waals surface area contributed by atoms with Gasteiger partial charge >= 0.3 is 5.69 Å². The third kappa shape index (κ3) is 2.32. The van der Waals surface area contributed by atoms with Gasteiger partial charge in [-0.2, -0.15) is 0 Å². The fourth-order valence-electron chi connectivity index (χ4n) is 6.34. The van der Waals surface area contributed by atoms with E-state index in [4.69, 9.17) is 0 Å². The van der Waals surface area contributed by atoms with Gasteiger partial charge in [-0.3, -0.25) is 13.9 Å². The molecule has 1 N–H and O–H groups in total. The van der Waals surface area contributed by atoms with Gasteiger partial charge < -0.3 is 9.88 Å². The monoisotopic (exact) mass is 357 g/mol. The first-order chi connectivity index (χ1) is 12.5. The number of aryl methyl sites for hydroxylation is 1. The minimum atomic E-state index is -0.334. The molecule has 26 heavy (non-hydrogen) atoms. The fourth-order valence-corrected chi connectivity index (χ4v) is 6.34. The predicted molar refractivity (Wildman–Crippen MR) is 99.1 cm³/mol. The molecule has 0 atom stereocenters. The minimum absolute atomic E-state index is 0.268. The molecule has 7 nitrogen and oxygen atoms in total. The number of hydrogen-bond acceptors (Lipinski definition) is 4. The first kappa shape index (κ1) is 16.3. The smallest absolute Gasteiger partial charge is 0.323 e. The molecule has 4 fully saturated rings. The molecule has 2 aromatic rings. The molecule has 4 saturated carbocycles. The molecule has 0 amide bonds. The van der Waals surface area contributed by atoms with Crippen LogP contribution in [0.2, 0.25) is 0 Å². The highest BCUT2D eigenvalue weighted by Crippen LogP contribution is 2.55. The van der Waals surface area contributed by atoms with Crippen LogP contribution in [0.5, 0.6) is 0 Å². The number of nitrogens with zero attached hydrogens (tertiary/aromatic N) is 4. The summed E-state index contributed by atoms with van der Waals surface area (Å²) in [6, 6.07) is 0. The summed E-state index contributed by atoms with van der Waals surface area (Å²) < 4.78 is 4.50. The molecule has 0 spiro atoms. The van der Waals surface area contributed by atoms with Crippen molar-refractivity contribution in [1.29, 1.82) is 0 Å². The lowest BCUT2D eigenvalue weighted by molar-refractivity contribution is -0.0197. The Morgan fingerprint density at radius 2 is 1.69 bits per heavy atom. The SMILES string of the molecule is Cn1c(=O)c2c(ncn2CCNC23CC4CC(CC(C4)C2)C3)n(C)c1=O. The van der Waals surface area contributed by atoms with Crippen LogP contribution in [-0.2, 0) is 20.6 Å². The molecular weight excluding hydrogens is 330 g/mol. The minimum Gasteiger partial charge on any atom is -0.323 e. The van der Waals surface area contributed by atoms with Gasteiger partial charge in [0.05, 0.1) is 6.33 Å². The van der Waals surface area contributed by atoms with Crippen LogP contribution in [0.15, 0.2) is 15.9 Å². The van der Waals surface area contributed by atoms with Gasteiger partial charge in [0, 0.05) is 32.7 Å². The molecule has 0 saturated heterocycles. The van der Waals surface area contributed by atoms with Crippen molar-refractivity contribution in [2.24, 2.45) is 31.8 Å². The van der Waals surface area contributed by atoms with E-state index in [0.29, 0.717) is 23.2 Å². The number of aromatic nitrogens is 4. The quantitative estimate of drug-likeness (QED) is 0.886. The maximum absolute atomic E-state index is 12.5. The molecule has 4 aliphatic carbocycles. The second kappa shape index (κ2) is 5.55. The van der Waals surface area contributed by atoms with Gasteiger partial charge in [0.1, 0.15) is 0 Å². The van der Waals surface area contributed by atoms with E-state index in [1.54, 1.807) is 13.4 Å². The zero-order valence-electron chi connectivity index (χ0n) is 15.6. The molecular formula is C19H27N5O2. The molecule has 2 aromatic heterocycles. The standard InChI is InChI=1S/C19H27N5O2/c1-22-16-15(17(25)23(2)18(22)26)24(11-20-16)4-3-21-19-8-12-5-13(9-19)7-14(6-12)10-19/h11-14,21H,3-10H2,1-2H3. The summed E-state index contributed by atoms with van der Waals surface area (Å²) in [7, 11) is 3.18. The third-order valence-electron chi connectivity index (χ3n) is 7.11. The molecule has 7 heteroatoms. The van der Waals surface area contributed by atoms with Crippen LogP contribution in [0, 0.1) is 17.8 Å². The molecule has 4 aliphatic rings. The lowest BCUT2D eigenvalue weighted by atomic mass is 9.53. The highest BCUT2D eigenvalue weighted by Gasteiger charge is 2.50. The van der Waals surface area contributed by atoms with Gasteiger partial charge in [-0.25, -0.2) is 9.78 Å². The Bertz CT molecular complexity index is 947. The van der Waals surface area contributed by atoms with Crippen LogP contribution >= 0.6 is 0 Å². The van der Waals surface area contributed by atoms with Crippen molar-refractivity contribution < 1.29 is 0 Å². The second-order valence-corrected chi connectivity index (χ2v) is 8.94. The van der Waals surface area contributed by atoms with Crippen LogP contribution in [-0.4, -0.2) is 30.8 Å². The fraction of sp³-hybridized carbons (Fsp3) is 0.737. The van der Waals surface area contributed by atoms with E-state index in [2.05, 4.69) is 10.3 Å². The van der Waals surface area contributed by atoms with Crippen molar-refractivity contribution >= 4 is 11.2 Å². The Morgan fingerprint density at radius 3 is 2.31 bits per heavy atom. The summed E-state index contributed by atoms with van der Waals surface area (Å²) in [5.41, 5.74) is 0.702. The predicted octanol–water partition coefficient (Wildman–Crippen LogP) is 0.992. The normalized spacial score (nSPS) is 32.6. The van der Waals surface area contributed by atoms with Crippen LogP contribution < -0.4 is 16.6 Å². The summed E-state index contributed by atoms with van der Waals surface area (Å²) in [4.78, 5) is 28.9. The highest BCUT2D eigenvalue weighted by atomic mass is 16.2. The summed E-state index contributed by atoms with van der Waals surface area (Å²) in [5, 5.41) is 3.86. The number of hydrogen-bond donors (Lipinski definition) is 1. The summed E-state index contributed by atoms with van der Waals surface area (Å²) in [6.07, 6.45) is 9.97. The van der Waals surface area contributed by atoms with Gasteiger partial charge in [-0.05, 0) is 56.3 Å². The summed E-state index contributed by atoms with van der Waals surface area (Å²) >= 11 is 0. The third-order valence-corrected chi connectivity index (χ3v) is 7.11. The number of fused-ring (bicyclic) bond motifs is 1. The van der Waals surface area contributed by atoms with Gasteiger partial charge in [-0.15, -0.1) is 0 Å². The van der Waals surface area contributed by atoms with E-state index in [9.17, 15) is 9.59 Å². The van der Waals surface area contributed by atoms with Crippen LogP contribution in [0.25, 0.3) is 11.2 Å². The van der Waals surface area contributed by atoms with E-state index in [-0.39, 0.29) is 11.2 Å². The molecule has 0 unspecified atom stereocenters. The van der Waals surface area contributed by atoms with Crippen molar-refractivity contribution in [3.8, 4) is 0 Å². The van der Waals surface area contributed by atoms with Gasteiger partial charge in [0.25, 0.3) is 5.56 Å². The van der Waals surface area contributed by atoms with E-state index < -0.39 is 0 Å². The Hall–Kier alpha value is -1.89. The average molecular weight is 357 g/mol. The molecule has 6 rings (SSSR count). The summed E-state index contributed by atoms with van der Waals surface area (Å²) in [5.74, 6) is 2.76. The molecule has 0 radical (unpaired) electrons. The van der Waals surface area contributed by atoms with Crippen molar-refractivity contribution in [3.05, 3.63) is 27.2 Å². The zero-order valence-corrected chi connectivity index (χ0v) is 15.6. The number of imidazole rings is 1. The number of rotatable bonds is 4. The largest absolute Gasteiger partial charge is 0.332 e. The molecule has 0 aliphatic heterocycles. The Labute approximate surface area is 152 Å². The molecule has 2 heterocycles. The van der Waals surface area contributed by atoms with Gasteiger partial charge in [-0.1, -0.05) is 0 Å². The lowest BCUT2D eigenvalue weighted by Gasteiger charge is -2.57. The van der Waals surface area contributed by atoms with Crippen molar-refractivity contribution in [3.63, 3.8) is 0 Å². The van der Waals surface area contributed by atoms with Crippen molar-refractivity contribution in [1.82, 2.24) is 24.0 Å². The zero-order chi connectivity index (χ0) is 18.1. The highest BCUT2D eigenvalue weighted by molar-refractivity contribution is 5.69. The van der Waals surface area contributed by atoms with Crippen molar-refractivity contribution in [2.45, 2.75) is 50.6 Å². The second-order valence-electron chi connectivity index (χ2n) is 8.94. The van der Waals surface area contributed by atoms with Gasteiger partial charge in [0.2, 0.25) is 0 Å². The molecule has 140 valence electrons. The van der Waals surface area contributed by atoms with E-state index in [1.165, 1.54) is 50.1 Å². The lowest BCUT2D eigenvalue weighted by Crippen LogP contribution is -2.58. The summed E-state index contributed by atoms with van der Waals surface area (Å²) in [6.45, 7) is 1.54. The first-order valence-electron chi connectivity index (χ1n) is 9.82. The topological polar surface area (TPSA) is 73.8 Å². The van der Waals surface area contributed by atoms with Crippen LogP contribution in [0.3, 0.4) is 0 Å². The molecule has 4 bridgehead atoms. The van der Waals surface area contributed by atoms with Crippen LogP contribution in [0.1, 0.15) is 38.5 Å². The Morgan fingerprint density at radius 1 is 1.08 bits per heavy atom.